The summed E-state index contributed by atoms with van der Waals surface area (Å²) in [5, 5.41) is 12.5. The molecule has 1 saturated heterocycles. The molecule has 1 fully saturated rings. The van der Waals surface area contributed by atoms with Crippen molar-refractivity contribution >= 4 is 5.69 Å². The number of aliphatic hydroxyl groups is 1. The molecule has 0 radical (unpaired) electrons. The maximum Gasteiger partial charge on any atom is 0.196 e. The number of rotatable bonds is 2. The lowest BCUT2D eigenvalue weighted by molar-refractivity contribution is -0.110. The second-order valence-electron chi connectivity index (χ2n) is 6.59. The Hall–Kier alpha value is -2.05. The van der Waals surface area contributed by atoms with Gasteiger partial charge in [0.15, 0.2) is 17.5 Å². The van der Waals surface area contributed by atoms with Gasteiger partial charge in [-0.25, -0.2) is 13.2 Å². The monoisotopic (exact) mass is 349 g/mol. The lowest BCUT2D eigenvalue weighted by atomic mass is 9.76. The smallest absolute Gasteiger partial charge is 0.196 e. The molecule has 6 heteroatoms. The molecular formula is C19H18F3NO2. The molecule has 3 nitrogen and oxygen atoms in total. The minimum atomic E-state index is -1.49. The van der Waals surface area contributed by atoms with E-state index in [2.05, 4.69) is 5.32 Å². The molecule has 0 aromatic heterocycles. The largest absolute Gasteiger partial charge is 0.394 e. The summed E-state index contributed by atoms with van der Waals surface area (Å²) in [5.74, 6) is -4.03. The van der Waals surface area contributed by atoms with Gasteiger partial charge in [-0.2, -0.15) is 0 Å². The molecule has 0 spiro atoms. The summed E-state index contributed by atoms with van der Waals surface area (Å²) >= 11 is 0. The van der Waals surface area contributed by atoms with E-state index in [-0.39, 0.29) is 35.9 Å². The zero-order valence-electron chi connectivity index (χ0n) is 13.4. The first kappa shape index (κ1) is 16.4. The Balaban J connectivity index is 1.83. The number of hydrogen-bond acceptors (Lipinski definition) is 3. The first-order valence-corrected chi connectivity index (χ1v) is 8.35. The van der Waals surface area contributed by atoms with Gasteiger partial charge in [-0.05, 0) is 24.5 Å². The van der Waals surface area contributed by atoms with Crippen molar-refractivity contribution in [3.05, 3.63) is 65.0 Å². The standard InChI is InChI=1S/C19H18F3NO2/c20-14-8-13-18(16(22)15(14)21)23-17(10-4-2-1-3-5-10)12-7-6-11(9-24)25-19(12)13/h1-5,8,11-12,17,19,23-24H,6-7,9H2/t11-,12+,17+,19+/m1/s1. The highest BCUT2D eigenvalue weighted by Crippen LogP contribution is 2.51. The van der Waals surface area contributed by atoms with Crippen LogP contribution in [0.25, 0.3) is 0 Å². The number of ether oxygens (including phenoxy) is 1. The summed E-state index contributed by atoms with van der Waals surface area (Å²) < 4.78 is 47.8. The third kappa shape index (κ3) is 2.69. The molecule has 2 N–H and O–H groups in total. The lowest BCUT2D eigenvalue weighted by Gasteiger charge is -2.45. The maximum atomic E-state index is 14.4. The van der Waals surface area contributed by atoms with E-state index >= 15 is 0 Å². The number of fused-ring (bicyclic) bond motifs is 3. The van der Waals surface area contributed by atoms with Crippen LogP contribution in [0.2, 0.25) is 0 Å². The molecule has 2 aliphatic heterocycles. The summed E-state index contributed by atoms with van der Waals surface area (Å²) in [5.41, 5.74) is 1.14. The van der Waals surface area contributed by atoms with Crippen LogP contribution in [-0.2, 0) is 4.74 Å². The van der Waals surface area contributed by atoms with E-state index in [1.54, 1.807) is 0 Å². The van der Waals surface area contributed by atoms with Gasteiger partial charge < -0.3 is 15.2 Å². The predicted octanol–water partition coefficient (Wildman–Crippen LogP) is 4.10. The van der Waals surface area contributed by atoms with E-state index in [9.17, 15) is 18.3 Å². The van der Waals surface area contributed by atoms with Crippen molar-refractivity contribution in [3.8, 4) is 0 Å². The van der Waals surface area contributed by atoms with E-state index in [1.165, 1.54) is 0 Å². The summed E-state index contributed by atoms with van der Waals surface area (Å²) in [4.78, 5) is 0. The summed E-state index contributed by atoms with van der Waals surface area (Å²) in [6, 6.07) is 10.2. The molecule has 2 aromatic rings. The molecule has 0 aliphatic carbocycles. The second kappa shape index (κ2) is 6.35. The first-order valence-electron chi connectivity index (χ1n) is 8.35. The van der Waals surface area contributed by atoms with E-state index in [0.717, 1.165) is 18.1 Å². The Kier molecular flexibility index (Phi) is 4.17. The van der Waals surface area contributed by atoms with Crippen LogP contribution in [0.4, 0.5) is 18.9 Å². The van der Waals surface area contributed by atoms with Crippen molar-refractivity contribution in [2.45, 2.75) is 31.1 Å². The van der Waals surface area contributed by atoms with Crippen molar-refractivity contribution in [2.24, 2.45) is 5.92 Å². The number of hydrogen-bond donors (Lipinski definition) is 2. The number of aliphatic hydroxyl groups excluding tert-OH is 1. The van der Waals surface area contributed by atoms with Gasteiger partial charge >= 0.3 is 0 Å². The number of halogens is 3. The van der Waals surface area contributed by atoms with E-state index in [4.69, 9.17) is 4.74 Å². The minimum Gasteiger partial charge on any atom is -0.394 e. The molecule has 132 valence electrons. The van der Waals surface area contributed by atoms with Crippen LogP contribution in [0.3, 0.4) is 0 Å². The van der Waals surface area contributed by atoms with Crippen molar-refractivity contribution in [1.29, 1.82) is 0 Å². The van der Waals surface area contributed by atoms with Gasteiger partial charge in [-0.1, -0.05) is 30.3 Å². The van der Waals surface area contributed by atoms with E-state index in [1.807, 2.05) is 30.3 Å². The molecule has 4 atom stereocenters. The van der Waals surface area contributed by atoms with Gasteiger partial charge in [0.05, 0.1) is 30.5 Å². The number of nitrogens with one attached hydrogen (secondary N) is 1. The molecule has 2 heterocycles. The third-order valence-electron chi connectivity index (χ3n) is 5.14. The molecule has 0 saturated carbocycles. The van der Waals surface area contributed by atoms with Crippen molar-refractivity contribution in [2.75, 3.05) is 11.9 Å². The quantitative estimate of drug-likeness (QED) is 0.802. The van der Waals surface area contributed by atoms with Gasteiger partial charge in [0.1, 0.15) is 0 Å². The highest BCUT2D eigenvalue weighted by molar-refractivity contribution is 5.58. The normalized spacial score (nSPS) is 28.0. The SMILES string of the molecule is OC[C@H]1CC[C@@H]2[C@H](O1)c1cc(F)c(F)c(F)c1N[C@H]2c1ccccc1. The molecule has 25 heavy (non-hydrogen) atoms. The molecule has 4 rings (SSSR count). The average molecular weight is 349 g/mol. The van der Waals surface area contributed by atoms with Crippen LogP contribution in [0.5, 0.6) is 0 Å². The van der Waals surface area contributed by atoms with Crippen molar-refractivity contribution in [3.63, 3.8) is 0 Å². The fourth-order valence-corrected chi connectivity index (χ4v) is 3.92. The van der Waals surface area contributed by atoms with E-state index in [0.29, 0.717) is 6.42 Å². The first-order chi connectivity index (χ1) is 12.1. The molecule has 0 amide bonds. The Morgan fingerprint density at radius 3 is 2.56 bits per heavy atom. The van der Waals surface area contributed by atoms with Crippen LogP contribution in [-0.4, -0.2) is 17.8 Å². The Morgan fingerprint density at radius 1 is 1.08 bits per heavy atom. The summed E-state index contributed by atoms with van der Waals surface area (Å²) in [7, 11) is 0. The Bertz CT molecular complexity index is 784. The summed E-state index contributed by atoms with van der Waals surface area (Å²) in [6.45, 7) is -0.159. The highest BCUT2D eigenvalue weighted by Gasteiger charge is 2.44. The van der Waals surface area contributed by atoms with Gasteiger partial charge in [-0.3, -0.25) is 0 Å². The zero-order valence-corrected chi connectivity index (χ0v) is 13.4. The van der Waals surface area contributed by atoms with Crippen LogP contribution in [0.1, 0.15) is 36.1 Å². The van der Waals surface area contributed by atoms with Gasteiger partial charge in [-0.15, -0.1) is 0 Å². The van der Waals surface area contributed by atoms with Crippen molar-refractivity contribution in [1.82, 2.24) is 0 Å². The highest BCUT2D eigenvalue weighted by atomic mass is 19.2. The van der Waals surface area contributed by atoms with E-state index < -0.39 is 23.6 Å². The summed E-state index contributed by atoms with van der Waals surface area (Å²) in [6.07, 6.45) is 0.393. The van der Waals surface area contributed by atoms with Crippen LogP contribution >= 0.6 is 0 Å². The number of anilines is 1. The maximum absolute atomic E-state index is 14.4. The van der Waals surface area contributed by atoms with Crippen LogP contribution < -0.4 is 5.32 Å². The molecule has 0 unspecified atom stereocenters. The van der Waals surface area contributed by atoms with Crippen LogP contribution in [0, 0.1) is 23.4 Å². The average Bonchev–Trinajstić information content (AvgIpc) is 2.66. The van der Waals surface area contributed by atoms with Crippen LogP contribution in [0.15, 0.2) is 36.4 Å². The molecule has 2 aliphatic rings. The van der Waals surface area contributed by atoms with Crippen molar-refractivity contribution < 1.29 is 23.0 Å². The fourth-order valence-electron chi connectivity index (χ4n) is 3.92. The lowest BCUT2D eigenvalue weighted by Crippen LogP contribution is -2.40. The Labute approximate surface area is 143 Å². The van der Waals surface area contributed by atoms with Gasteiger partial charge in [0.25, 0.3) is 0 Å². The topological polar surface area (TPSA) is 41.5 Å². The molecule has 0 bridgehead atoms. The van der Waals surface area contributed by atoms with Gasteiger partial charge in [0, 0.05) is 11.5 Å². The predicted molar refractivity (Wildman–Crippen MR) is 86.5 cm³/mol. The van der Waals surface area contributed by atoms with Gasteiger partial charge in [0.2, 0.25) is 0 Å². The number of benzene rings is 2. The Morgan fingerprint density at radius 2 is 1.84 bits per heavy atom. The zero-order chi connectivity index (χ0) is 17.6. The minimum absolute atomic E-state index is 0.0624. The molecular weight excluding hydrogens is 331 g/mol. The third-order valence-corrected chi connectivity index (χ3v) is 5.14. The molecule has 2 aromatic carbocycles. The fraction of sp³-hybridized carbons (Fsp3) is 0.368. The second-order valence-corrected chi connectivity index (χ2v) is 6.59.